The Kier molecular flexibility index (Phi) is 4.18. The molecule has 9 heteroatoms. The fourth-order valence-corrected chi connectivity index (χ4v) is 2.53. The molecule has 0 fully saturated rings. The van der Waals surface area contributed by atoms with Crippen molar-refractivity contribution in [3.63, 3.8) is 0 Å². The molecule has 0 bridgehead atoms. The number of hydrogen-bond donors (Lipinski definition) is 1. The molecule has 1 atom stereocenters. The van der Waals surface area contributed by atoms with E-state index in [1.165, 1.54) is 0 Å². The van der Waals surface area contributed by atoms with Gasteiger partial charge in [-0.1, -0.05) is 0 Å². The van der Waals surface area contributed by atoms with E-state index >= 15 is 0 Å². The van der Waals surface area contributed by atoms with Crippen molar-refractivity contribution in [1.29, 1.82) is 5.26 Å². The Morgan fingerprint density at radius 2 is 2.00 bits per heavy atom. The summed E-state index contributed by atoms with van der Waals surface area (Å²) in [6.07, 6.45) is -8.31. The number of aliphatic hydroxyl groups excluding tert-OH is 1. The van der Waals surface area contributed by atoms with Crippen LogP contribution in [0.2, 0.25) is 0 Å². The lowest BCUT2D eigenvalue weighted by Crippen LogP contribution is -2.33. The summed E-state index contributed by atoms with van der Waals surface area (Å²) in [6.45, 7) is 3.23. The summed E-state index contributed by atoms with van der Waals surface area (Å²) in [4.78, 5) is 0. The van der Waals surface area contributed by atoms with Crippen molar-refractivity contribution in [3.05, 3.63) is 17.0 Å². The zero-order valence-electron chi connectivity index (χ0n) is 12.6. The maximum absolute atomic E-state index is 13.6. The predicted octanol–water partition coefficient (Wildman–Crippen LogP) is 3.46. The van der Waals surface area contributed by atoms with Gasteiger partial charge in [-0.2, -0.15) is 23.5 Å². The minimum absolute atomic E-state index is 0.0166. The molecule has 1 aliphatic rings. The standard InChI is InChI=1S/C14H16F5N3O/c1-12(2,7-20)5-6-22-8-3-4-13(15,16)11(23)9(8)10(21-22)14(17,18)19/h11,23H,3-6H2,1-2H3. The number of fused-ring (bicyclic) bond motifs is 1. The maximum atomic E-state index is 13.6. The van der Waals surface area contributed by atoms with Crippen molar-refractivity contribution in [3.8, 4) is 6.07 Å². The van der Waals surface area contributed by atoms with Gasteiger partial charge in [-0.15, -0.1) is 0 Å². The first-order chi connectivity index (χ1) is 10.4. The van der Waals surface area contributed by atoms with Crippen LogP contribution in [-0.4, -0.2) is 20.8 Å². The summed E-state index contributed by atoms with van der Waals surface area (Å²) in [5.74, 6) is -3.62. The molecule has 1 N–H and O–H groups in total. The molecule has 1 aliphatic carbocycles. The highest BCUT2D eigenvalue weighted by Crippen LogP contribution is 2.46. The number of halogens is 5. The van der Waals surface area contributed by atoms with Crippen LogP contribution >= 0.6 is 0 Å². The highest BCUT2D eigenvalue weighted by Gasteiger charge is 2.51. The first kappa shape index (κ1) is 17.7. The number of alkyl halides is 5. The summed E-state index contributed by atoms with van der Waals surface area (Å²) in [5.41, 5.74) is -3.14. The molecule has 1 unspecified atom stereocenters. The van der Waals surface area contributed by atoms with E-state index in [2.05, 4.69) is 5.10 Å². The molecular formula is C14H16F5N3O. The molecule has 1 heterocycles. The van der Waals surface area contributed by atoms with Crippen LogP contribution < -0.4 is 0 Å². The van der Waals surface area contributed by atoms with Gasteiger partial charge in [0.15, 0.2) is 5.69 Å². The Bertz CT molecular complexity index is 642. The molecule has 0 saturated heterocycles. The third kappa shape index (κ3) is 3.32. The molecular weight excluding hydrogens is 321 g/mol. The SMILES string of the molecule is CC(C)(C#N)CCn1nc(C(F)(F)F)c2c1CCC(F)(F)C2O. The summed E-state index contributed by atoms with van der Waals surface area (Å²) in [5, 5.41) is 22.0. The second kappa shape index (κ2) is 5.44. The molecule has 0 amide bonds. The van der Waals surface area contributed by atoms with Crippen molar-refractivity contribution in [1.82, 2.24) is 9.78 Å². The molecule has 0 aliphatic heterocycles. The third-order valence-corrected chi connectivity index (χ3v) is 3.99. The van der Waals surface area contributed by atoms with Gasteiger partial charge in [0.25, 0.3) is 5.92 Å². The van der Waals surface area contributed by atoms with Gasteiger partial charge < -0.3 is 5.11 Å². The van der Waals surface area contributed by atoms with Gasteiger partial charge in [0.05, 0.1) is 11.5 Å². The summed E-state index contributed by atoms with van der Waals surface area (Å²) in [6, 6.07) is 2.02. The van der Waals surface area contributed by atoms with E-state index in [0.717, 1.165) is 4.68 Å². The van der Waals surface area contributed by atoms with Crippen LogP contribution in [0.3, 0.4) is 0 Å². The zero-order valence-corrected chi connectivity index (χ0v) is 12.6. The van der Waals surface area contributed by atoms with Gasteiger partial charge in [-0.25, -0.2) is 8.78 Å². The van der Waals surface area contributed by atoms with E-state index < -0.39 is 41.3 Å². The summed E-state index contributed by atoms with van der Waals surface area (Å²) in [7, 11) is 0. The molecule has 23 heavy (non-hydrogen) atoms. The van der Waals surface area contributed by atoms with Gasteiger partial charge in [0.1, 0.15) is 6.10 Å². The minimum atomic E-state index is -4.94. The Morgan fingerprint density at radius 3 is 2.52 bits per heavy atom. The second-order valence-electron chi connectivity index (χ2n) is 6.34. The predicted molar refractivity (Wildman–Crippen MR) is 69.5 cm³/mol. The number of rotatable bonds is 3. The van der Waals surface area contributed by atoms with Crippen LogP contribution in [-0.2, 0) is 19.1 Å². The third-order valence-electron chi connectivity index (χ3n) is 3.99. The first-order valence-corrected chi connectivity index (χ1v) is 7.03. The highest BCUT2D eigenvalue weighted by molar-refractivity contribution is 5.35. The molecule has 2 rings (SSSR count). The molecule has 1 aromatic heterocycles. The van der Waals surface area contributed by atoms with Gasteiger partial charge in [0, 0.05) is 24.2 Å². The average molecular weight is 337 g/mol. The Balaban J connectivity index is 2.46. The van der Waals surface area contributed by atoms with Crippen LogP contribution in [0.4, 0.5) is 22.0 Å². The molecule has 0 saturated carbocycles. The largest absolute Gasteiger partial charge is 0.435 e. The fourth-order valence-electron chi connectivity index (χ4n) is 2.53. The molecule has 1 aromatic rings. The maximum Gasteiger partial charge on any atom is 0.435 e. The van der Waals surface area contributed by atoms with E-state index in [1.807, 2.05) is 6.07 Å². The Labute approximate surface area is 129 Å². The van der Waals surface area contributed by atoms with E-state index in [1.54, 1.807) is 13.8 Å². The fraction of sp³-hybridized carbons (Fsp3) is 0.714. The average Bonchev–Trinajstić information content (AvgIpc) is 2.80. The van der Waals surface area contributed by atoms with Crippen molar-refractivity contribution < 1.29 is 27.1 Å². The number of aromatic nitrogens is 2. The van der Waals surface area contributed by atoms with Crippen LogP contribution in [0.1, 0.15) is 49.7 Å². The smallest absolute Gasteiger partial charge is 0.382 e. The number of nitrogens with zero attached hydrogens (tertiary/aromatic N) is 3. The van der Waals surface area contributed by atoms with Crippen LogP contribution in [0, 0.1) is 16.7 Å². The number of nitriles is 1. The molecule has 0 spiro atoms. The highest BCUT2D eigenvalue weighted by atomic mass is 19.4. The van der Waals surface area contributed by atoms with Crippen molar-refractivity contribution in [2.45, 2.75) is 57.9 Å². The lowest BCUT2D eigenvalue weighted by Gasteiger charge is -2.29. The zero-order chi connectivity index (χ0) is 17.6. The van der Waals surface area contributed by atoms with E-state index in [0.29, 0.717) is 0 Å². The number of aliphatic hydroxyl groups is 1. The van der Waals surface area contributed by atoms with E-state index in [9.17, 15) is 27.1 Å². The van der Waals surface area contributed by atoms with Gasteiger partial charge in [-0.05, 0) is 26.7 Å². The Hall–Kier alpha value is -1.69. The van der Waals surface area contributed by atoms with E-state index in [-0.39, 0.29) is 25.1 Å². The normalized spacial score (nSPS) is 20.9. The van der Waals surface area contributed by atoms with Gasteiger partial charge in [0.2, 0.25) is 0 Å². The van der Waals surface area contributed by atoms with Gasteiger partial charge >= 0.3 is 6.18 Å². The molecule has 0 radical (unpaired) electrons. The lowest BCUT2D eigenvalue weighted by molar-refractivity contribution is -0.150. The Morgan fingerprint density at radius 1 is 1.39 bits per heavy atom. The first-order valence-electron chi connectivity index (χ1n) is 7.03. The van der Waals surface area contributed by atoms with Crippen molar-refractivity contribution >= 4 is 0 Å². The van der Waals surface area contributed by atoms with Crippen LogP contribution in [0.25, 0.3) is 0 Å². The minimum Gasteiger partial charge on any atom is -0.382 e. The summed E-state index contributed by atoms with van der Waals surface area (Å²) >= 11 is 0. The van der Waals surface area contributed by atoms with Crippen molar-refractivity contribution in [2.75, 3.05) is 0 Å². The quantitative estimate of drug-likeness (QED) is 0.859. The lowest BCUT2D eigenvalue weighted by atomic mass is 9.89. The molecule has 128 valence electrons. The second-order valence-corrected chi connectivity index (χ2v) is 6.34. The van der Waals surface area contributed by atoms with Crippen LogP contribution in [0.15, 0.2) is 0 Å². The topological polar surface area (TPSA) is 61.8 Å². The van der Waals surface area contributed by atoms with E-state index in [4.69, 9.17) is 5.26 Å². The molecule has 0 aromatic carbocycles. The monoisotopic (exact) mass is 337 g/mol. The van der Waals surface area contributed by atoms with Gasteiger partial charge in [-0.3, -0.25) is 4.68 Å². The number of hydrogen-bond acceptors (Lipinski definition) is 3. The molecule has 4 nitrogen and oxygen atoms in total. The summed E-state index contributed by atoms with van der Waals surface area (Å²) < 4.78 is 67.4. The van der Waals surface area contributed by atoms with Crippen LogP contribution in [0.5, 0.6) is 0 Å². The number of aryl methyl sites for hydroxylation is 1. The van der Waals surface area contributed by atoms with Crippen molar-refractivity contribution in [2.24, 2.45) is 5.41 Å².